The van der Waals surface area contributed by atoms with Crippen LogP contribution in [0, 0.1) is 0 Å². The van der Waals surface area contributed by atoms with E-state index in [1.807, 2.05) is 26.0 Å². The molecule has 4 heteroatoms. The van der Waals surface area contributed by atoms with Crippen molar-refractivity contribution in [3.8, 4) is 0 Å². The Balaban J connectivity index is 0.000000921. The molecule has 84 valence electrons. The van der Waals surface area contributed by atoms with E-state index in [0.717, 1.165) is 5.69 Å². The quantitative estimate of drug-likeness (QED) is 0.696. The Morgan fingerprint density at radius 1 is 1.40 bits per heavy atom. The van der Waals surface area contributed by atoms with Crippen LogP contribution < -0.4 is 16.0 Å². The van der Waals surface area contributed by atoms with Gasteiger partial charge in [-0.15, -0.1) is 0 Å². The van der Waals surface area contributed by atoms with Crippen molar-refractivity contribution in [1.82, 2.24) is 5.32 Å². The van der Waals surface area contributed by atoms with Crippen LogP contribution in [0.25, 0.3) is 0 Å². The molecule has 0 unspecified atom stereocenters. The second-order valence-electron chi connectivity index (χ2n) is 2.71. The minimum absolute atomic E-state index is 0.161. The Kier molecular flexibility index (Phi) is 5.94. The second-order valence-corrected chi connectivity index (χ2v) is 2.71. The van der Waals surface area contributed by atoms with Crippen LogP contribution in [0.2, 0.25) is 0 Å². The van der Waals surface area contributed by atoms with E-state index in [9.17, 15) is 4.79 Å². The first-order valence-electron chi connectivity index (χ1n) is 4.96. The van der Waals surface area contributed by atoms with Crippen LogP contribution in [0.4, 0.5) is 16.2 Å². The van der Waals surface area contributed by atoms with Crippen LogP contribution in [0.5, 0.6) is 0 Å². The molecule has 0 radical (unpaired) electrons. The molecule has 2 amide bonds. The van der Waals surface area contributed by atoms with E-state index in [1.54, 1.807) is 26.2 Å². The molecule has 0 heterocycles. The van der Waals surface area contributed by atoms with Gasteiger partial charge in [0.15, 0.2) is 0 Å². The molecule has 3 N–H and O–H groups in total. The third-order valence-electron chi connectivity index (χ3n) is 1.78. The number of hydrogen-bond acceptors (Lipinski definition) is 2. The van der Waals surface area contributed by atoms with Gasteiger partial charge in [0.2, 0.25) is 0 Å². The van der Waals surface area contributed by atoms with Gasteiger partial charge in [-0.3, -0.25) is 4.90 Å². The maximum atomic E-state index is 11.2. The van der Waals surface area contributed by atoms with Crippen molar-refractivity contribution in [3.05, 3.63) is 24.3 Å². The SMILES string of the molecule is CC.CNC(=O)N(C)c1cccc(N)c1. The minimum Gasteiger partial charge on any atom is -0.399 e. The molecule has 4 nitrogen and oxygen atoms in total. The summed E-state index contributed by atoms with van der Waals surface area (Å²) in [6.45, 7) is 4.00. The number of urea groups is 1. The standard InChI is InChI=1S/C9H13N3O.C2H6/c1-11-9(13)12(2)8-5-3-4-7(10)6-8;1-2/h3-6H,10H2,1-2H3,(H,11,13);1-2H3. The molecule has 0 saturated heterocycles. The monoisotopic (exact) mass is 209 g/mol. The maximum Gasteiger partial charge on any atom is 0.321 e. The number of anilines is 2. The summed E-state index contributed by atoms with van der Waals surface area (Å²) in [5.74, 6) is 0. The molecule has 0 fully saturated rings. The zero-order chi connectivity index (χ0) is 11.8. The van der Waals surface area contributed by atoms with Crippen molar-refractivity contribution in [2.75, 3.05) is 24.7 Å². The molecule has 0 aliphatic carbocycles. The van der Waals surface area contributed by atoms with E-state index in [1.165, 1.54) is 4.90 Å². The number of hydrogen-bond donors (Lipinski definition) is 2. The lowest BCUT2D eigenvalue weighted by Gasteiger charge is -2.16. The van der Waals surface area contributed by atoms with E-state index < -0.39 is 0 Å². The summed E-state index contributed by atoms with van der Waals surface area (Å²) >= 11 is 0. The van der Waals surface area contributed by atoms with Gasteiger partial charge in [-0.1, -0.05) is 19.9 Å². The van der Waals surface area contributed by atoms with Crippen LogP contribution in [-0.4, -0.2) is 20.1 Å². The van der Waals surface area contributed by atoms with E-state index in [2.05, 4.69) is 5.32 Å². The third-order valence-corrected chi connectivity index (χ3v) is 1.78. The predicted molar refractivity (Wildman–Crippen MR) is 65.1 cm³/mol. The number of nitrogens with two attached hydrogens (primary N) is 1. The van der Waals surface area contributed by atoms with Gasteiger partial charge in [-0.25, -0.2) is 4.79 Å². The number of nitrogens with zero attached hydrogens (tertiary/aromatic N) is 1. The van der Waals surface area contributed by atoms with Gasteiger partial charge in [-0.2, -0.15) is 0 Å². The molecule has 0 aliphatic heterocycles. The van der Waals surface area contributed by atoms with Crippen molar-refractivity contribution in [2.45, 2.75) is 13.8 Å². The average molecular weight is 209 g/mol. The summed E-state index contributed by atoms with van der Waals surface area (Å²) in [4.78, 5) is 12.7. The Morgan fingerprint density at radius 3 is 2.47 bits per heavy atom. The summed E-state index contributed by atoms with van der Waals surface area (Å²) in [5, 5.41) is 2.53. The van der Waals surface area contributed by atoms with Crippen molar-refractivity contribution in [3.63, 3.8) is 0 Å². The van der Waals surface area contributed by atoms with Crippen LogP contribution in [0.1, 0.15) is 13.8 Å². The first kappa shape index (κ1) is 13.3. The second kappa shape index (κ2) is 6.70. The fraction of sp³-hybridized carbons (Fsp3) is 0.364. The molecule has 0 bridgehead atoms. The number of amides is 2. The van der Waals surface area contributed by atoms with Gasteiger partial charge in [0, 0.05) is 25.5 Å². The average Bonchev–Trinajstić information content (AvgIpc) is 2.29. The first-order chi connectivity index (χ1) is 7.15. The highest BCUT2D eigenvalue weighted by molar-refractivity contribution is 5.91. The van der Waals surface area contributed by atoms with E-state index >= 15 is 0 Å². The summed E-state index contributed by atoms with van der Waals surface area (Å²) in [7, 11) is 3.28. The summed E-state index contributed by atoms with van der Waals surface area (Å²) in [6.07, 6.45) is 0. The fourth-order valence-corrected chi connectivity index (χ4v) is 1.02. The Morgan fingerprint density at radius 2 is 2.00 bits per heavy atom. The number of nitrogens with one attached hydrogen (secondary N) is 1. The number of carbonyl (C=O) groups is 1. The minimum atomic E-state index is -0.161. The van der Waals surface area contributed by atoms with Gasteiger partial charge in [0.1, 0.15) is 0 Å². The molecular formula is C11H19N3O. The Bertz CT molecular complexity index is 312. The molecule has 0 saturated carbocycles. The van der Waals surface area contributed by atoms with E-state index in [-0.39, 0.29) is 6.03 Å². The van der Waals surface area contributed by atoms with Crippen molar-refractivity contribution < 1.29 is 4.79 Å². The van der Waals surface area contributed by atoms with Gasteiger partial charge in [-0.05, 0) is 18.2 Å². The highest BCUT2D eigenvalue weighted by Crippen LogP contribution is 2.15. The van der Waals surface area contributed by atoms with E-state index in [0.29, 0.717) is 5.69 Å². The van der Waals surface area contributed by atoms with E-state index in [4.69, 9.17) is 5.73 Å². The zero-order valence-corrected chi connectivity index (χ0v) is 9.74. The lowest BCUT2D eigenvalue weighted by atomic mass is 10.3. The van der Waals surface area contributed by atoms with Crippen molar-refractivity contribution in [2.24, 2.45) is 0 Å². The summed E-state index contributed by atoms with van der Waals surface area (Å²) in [6, 6.07) is 7.00. The number of benzene rings is 1. The number of carbonyl (C=O) groups excluding carboxylic acids is 1. The van der Waals surface area contributed by atoms with Crippen LogP contribution in [0.3, 0.4) is 0 Å². The lowest BCUT2D eigenvalue weighted by molar-refractivity contribution is 0.249. The van der Waals surface area contributed by atoms with Crippen LogP contribution in [0.15, 0.2) is 24.3 Å². The normalized spacial score (nSPS) is 8.53. The smallest absolute Gasteiger partial charge is 0.321 e. The molecule has 0 aromatic heterocycles. The molecule has 1 aromatic carbocycles. The molecule has 15 heavy (non-hydrogen) atoms. The largest absolute Gasteiger partial charge is 0.399 e. The van der Waals surface area contributed by atoms with Gasteiger partial charge in [0.25, 0.3) is 0 Å². The molecule has 1 rings (SSSR count). The van der Waals surface area contributed by atoms with Crippen molar-refractivity contribution in [1.29, 1.82) is 0 Å². The molecule has 1 aromatic rings. The topological polar surface area (TPSA) is 58.4 Å². The number of rotatable bonds is 1. The van der Waals surface area contributed by atoms with Gasteiger partial charge in [0.05, 0.1) is 0 Å². The van der Waals surface area contributed by atoms with Crippen LogP contribution >= 0.6 is 0 Å². The Hall–Kier alpha value is -1.71. The summed E-state index contributed by atoms with van der Waals surface area (Å²) < 4.78 is 0. The molecule has 0 aliphatic rings. The fourth-order valence-electron chi connectivity index (χ4n) is 1.02. The molecule has 0 atom stereocenters. The lowest BCUT2D eigenvalue weighted by Crippen LogP contribution is -2.34. The predicted octanol–water partition coefficient (Wildman–Crippen LogP) is 2.07. The highest BCUT2D eigenvalue weighted by Gasteiger charge is 2.07. The molecule has 0 spiro atoms. The third kappa shape index (κ3) is 3.89. The Labute approximate surface area is 91.1 Å². The van der Waals surface area contributed by atoms with Crippen molar-refractivity contribution >= 4 is 17.4 Å². The first-order valence-corrected chi connectivity index (χ1v) is 4.96. The summed E-state index contributed by atoms with van der Waals surface area (Å²) in [5.41, 5.74) is 7.00. The van der Waals surface area contributed by atoms with Crippen LogP contribution in [-0.2, 0) is 0 Å². The zero-order valence-electron chi connectivity index (χ0n) is 9.74. The van der Waals surface area contributed by atoms with Gasteiger partial charge < -0.3 is 11.1 Å². The maximum absolute atomic E-state index is 11.2. The van der Waals surface area contributed by atoms with Gasteiger partial charge >= 0.3 is 6.03 Å². The highest BCUT2D eigenvalue weighted by atomic mass is 16.2. The number of nitrogen functional groups attached to an aromatic ring is 1. The molecular weight excluding hydrogens is 190 g/mol.